The summed E-state index contributed by atoms with van der Waals surface area (Å²) in [5.41, 5.74) is 0.245. The largest absolute Gasteiger partial charge is 0.433 e. The number of fused-ring (bicyclic) bond motifs is 1. The molecule has 1 fully saturated rings. The van der Waals surface area contributed by atoms with Gasteiger partial charge in [0, 0.05) is 30.8 Å². The van der Waals surface area contributed by atoms with E-state index in [4.69, 9.17) is 0 Å². The maximum absolute atomic E-state index is 12.8. The Balaban J connectivity index is 1.34. The highest BCUT2D eigenvalue weighted by Gasteiger charge is 2.32. The van der Waals surface area contributed by atoms with Crippen LogP contribution in [0.2, 0.25) is 0 Å². The van der Waals surface area contributed by atoms with E-state index >= 15 is 0 Å². The summed E-state index contributed by atoms with van der Waals surface area (Å²) >= 11 is 1.31. The summed E-state index contributed by atoms with van der Waals surface area (Å²) < 4.78 is 65.1. The first-order chi connectivity index (χ1) is 16.3. The van der Waals surface area contributed by atoms with Crippen molar-refractivity contribution in [3.8, 4) is 10.6 Å². The minimum absolute atomic E-state index is 0.0332. The predicted octanol–water partition coefficient (Wildman–Crippen LogP) is 4.41. The summed E-state index contributed by atoms with van der Waals surface area (Å²) in [4.78, 5) is 14.3. The lowest BCUT2D eigenvalue weighted by Gasteiger charge is -2.32. The average molecular weight is 496 g/mol. The minimum atomic E-state index is -4.50. The number of hydrogen-bond donors (Lipinski definition) is 0. The molecule has 0 spiro atoms. The second-order valence-electron chi connectivity index (χ2n) is 7.82. The van der Waals surface area contributed by atoms with Gasteiger partial charge in [-0.15, -0.1) is 10.2 Å². The molecule has 0 aliphatic carbocycles. The predicted molar refractivity (Wildman–Crippen MR) is 114 cm³/mol. The lowest BCUT2D eigenvalue weighted by Crippen LogP contribution is -2.35. The van der Waals surface area contributed by atoms with Gasteiger partial charge >= 0.3 is 6.18 Å². The second kappa shape index (κ2) is 8.81. The number of rotatable bonds is 5. The van der Waals surface area contributed by atoms with Crippen LogP contribution in [0.5, 0.6) is 0 Å². The van der Waals surface area contributed by atoms with Crippen LogP contribution in [0.3, 0.4) is 0 Å². The molecule has 8 nitrogen and oxygen atoms in total. The lowest BCUT2D eigenvalue weighted by atomic mass is 9.99. The molecular formula is C20H17F5N8S. The molecule has 1 aliphatic rings. The van der Waals surface area contributed by atoms with Crippen molar-refractivity contribution in [2.45, 2.75) is 37.9 Å². The summed E-state index contributed by atoms with van der Waals surface area (Å²) in [6, 6.07) is 2.26. The minimum Gasteiger partial charge on any atom is -0.355 e. The highest BCUT2D eigenvalue weighted by Crippen LogP contribution is 2.35. The SMILES string of the molecule is FC(F)Cn1ncc2ncc(N3CCCC(c4nnc(-c5ccc(C(F)(F)F)nc5)s4)C3)nc21. The third-order valence-electron chi connectivity index (χ3n) is 5.48. The Labute approximate surface area is 193 Å². The number of halogens is 5. The molecule has 1 aliphatic heterocycles. The van der Waals surface area contributed by atoms with Gasteiger partial charge in [0.2, 0.25) is 0 Å². The number of piperidine rings is 1. The van der Waals surface area contributed by atoms with Gasteiger partial charge in [0.05, 0.1) is 12.4 Å². The van der Waals surface area contributed by atoms with Crippen LogP contribution in [0, 0.1) is 0 Å². The molecule has 1 atom stereocenters. The highest BCUT2D eigenvalue weighted by molar-refractivity contribution is 7.14. The zero-order valence-electron chi connectivity index (χ0n) is 17.5. The van der Waals surface area contributed by atoms with E-state index in [0.29, 0.717) is 40.6 Å². The molecule has 34 heavy (non-hydrogen) atoms. The van der Waals surface area contributed by atoms with E-state index in [1.807, 2.05) is 4.90 Å². The first kappa shape index (κ1) is 22.5. The Bertz CT molecular complexity index is 1290. The van der Waals surface area contributed by atoms with Gasteiger partial charge < -0.3 is 4.90 Å². The smallest absolute Gasteiger partial charge is 0.355 e. The van der Waals surface area contributed by atoms with Crippen molar-refractivity contribution >= 4 is 28.3 Å². The summed E-state index contributed by atoms with van der Waals surface area (Å²) in [6.07, 6.45) is -1.20. The zero-order valence-corrected chi connectivity index (χ0v) is 18.3. The van der Waals surface area contributed by atoms with E-state index in [9.17, 15) is 22.0 Å². The van der Waals surface area contributed by atoms with E-state index < -0.39 is 24.8 Å². The first-order valence-corrected chi connectivity index (χ1v) is 11.2. The van der Waals surface area contributed by atoms with Gasteiger partial charge in [0.25, 0.3) is 6.43 Å². The normalized spacial score (nSPS) is 17.1. The summed E-state index contributed by atoms with van der Waals surface area (Å²) in [6.45, 7) is 0.730. The molecule has 0 aromatic carbocycles. The molecule has 0 N–H and O–H groups in total. The topological polar surface area (TPSA) is 85.5 Å². The van der Waals surface area contributed by atoms with Gasteiger partial charge in [-0.2, -0.15) is 18.3 Å². The maximum Gasteiger partial charge on any atom is 0.433 e. The molecule has 5 heterocycles. The number of alkyl halides is 5. The van der Waals surface area contributed by atoms with E-state index in [1.165, 1.54) is 23.6 Å². The van der Waals surface area contributed by atoms with Gasteiger partial charge in [-0.25, -0.2) is 23.4 Å². The van der Waals surface area contributed by atoms with Gasteiger partial charge in [-0.1, -0.05) is 11.3 Å². The van der Waals surface area contributed by atoms with Crippen molar-refractivity contribution in [2.24, 2.45) is 0 Å². The van der Waals surface area contributed by atoms with Gasteiger partial charge in [-0.3, -0.25) is 4.98 Å². The highest BCUT2D eigenvalue weighted by atomic mass is 32.1. The van der Waals surface area contributed by atoms with Crippen LogP contribution >= 0.6 is 11.3 Å². The van der Waals surface area contributed by atoms with Crippen molar-refractivity contribution in [1.82, 2.24) is 34.9 Å². The maximum atomic E-state index is 12.8. The molecule has 4 aromatic rings. The zero-order chi connectivity index (χ0) is 23.9. The average Bonchev–Trinajstić information content (AvgIpc) is 3.46. The number of pyridine rings is 1. The van der Waals surface area contributed by atoms with Crippen molar-refractivity contribution in [2.75, 3.05) is 18.0 Å². The van der Waals surface area contributed by atoms with Crippen molar-refractivity contribution in [1.29, 1.82) is 0 Å². The number of aromatic nitrogens is 7. The molecule has 14 heteroatoms. The fraction of sp³-hybridized carbons (Fsp3) is 0.400. The Morgan fingerprint density at radius 3 is 2.68 bits per heavy atom. The van der Waals surface area contributed by atoms with Crippen molar-refractivity contribution in [3.63, 3.8) is 0 Å². The third kappa shape index (κ3) is 4.54. The van der Waals surface area contributed by atoms with Crippen LogP contribution in [0.4, 0.5) is 27.8 Å². The molecule has 0 saturated carbocycles. The second-order valence-corrected chi connectivity index (χ2v) is 8.82. The molecule has 1 unspecified atom stereocenters. The summed E-state index contributed by atoms with van der Waals surface area (Å²) in [7, 11) is 0. The van der Waals surface area contributed by atoms with Gasteiger partial charge in [0.15, 0.2) is 5.65 Å². The number of nitrogens with zero attached hydrogens (tertiary/aromatic N) is 8. The Hall–Kier alpha value is -3.29. The molecule has 0 amide bonds. The summed E-state index contributed by atoms with van der Waals surface area (Å²) in [5.74, 6) is 0.593. The number of hydrogen-bond acceptors (Lipinski definition) is 8. The van der Waals surface area contributed by atoms with Crippen LogP contribution in [-0.2, 0) is 12.7 Å². The molecular weight excluding hydrogens is 479 g/mol. The van der Waals surface area contributed by atoms with E-state index in [1.54, 1.807) is 6.20 Å². The van der Waals surface area contributed by atoms with Crippen LogP contribution < -0.4 is 4.90 Å². The van der Waals surface area contributed by atoms with Crippen molar-refractivity contribution < 1.29 is 22.0 Å². The molecule has 0 bridgehead atoms. The summed E-state index contributed by atoms with van der Waals surface area (Å²) in [5, 5.41) is 13.6. The van der Waals surface area contributed by atoms with E-state index in [2.05, 4.69) is 30.2 Å². The molecule has 1 saturated heterocycles. The Morgan fingerprint density at radius 1 is 1.09 bits per heavy atom. The number of anilines is 1. The quantitative estimate of drug-likeness (QED) is 0.379. The standard InChI is InChI=1S/C20H17F5N8S/c21-15(22)10-33-17-13(7-28-33)26-8-16(29-17)32-5-1-2-12(9-32)19-31-30-18(34-19)11-3-4-14(27-6-11)20(23,24)25/h3-4,6-8,12,15H,1-2,5,9-10H2. The lowest BCUT2D eigenvalue weighted by molar-refractivity contribution is -0.141. The fourth-order valence-corrected chi connectivity index (χ4v) is 4.81. The van der Waals surface area contributed by atoms with Crippen LogP contribution in [0.15, 0.2) is 30.7 Å². The fourth-order valence-electron chi connectivity index (χ4n) is 3.85. The third-order valence-corrected chi connectivity index (χ3v) is 6.61. The van der Waals surface area contributed by atoms with Crippen LogP contribution in [0.1, 0.15) is 29.5 Å². The van der Waals surface area contributed by atoms with Crippen molar-refractivity contribution in [3.05, 3.63) is 41.4 Å². The Morgan fingerprint density at radius 2 is 1.94 bits per heavy atom. The molecule has 5 rings (SSSR count). The molecule has 178 valence electrons. The van der Waals surface area contributed by atoms with Crippen LogP contribution in [-0.4, -0.2) is 54.4 Å². The monoisotopic (exact) mass is 496 g/mol. The van der Waals surface area contributed by atoms with E-state index in [-0.39, 0.29) is 5.92 Å². The van der Waals surface area contributed by atoms with Gasteiger partial charge in [0.1, 0.15) is 33.6 Å². The molecule has 0 radical (unpaired) electrons. The first-order valence-electron chi connectivity index (χ1n) is 10.4. The van der Waals surface area contributed by atoms with E-state index in [0.717, 1.165) is 34.8 Å². The molecule has 4 aromatic heterocycles. The Kier molecular flexibility index (Phi) is 5.83. The van der Waals surface area contributed by atoms with Gasteiger partial charge in [-0.05, 0) is 25.0 Å². The van der Waals surface area contributed by atoms with Crippen LogP contribution in [0.25, 0.3) is 21.7 Å².